The zero-order valence-corrected chi connectivity index (χ0v) is 16.8. The van der Waals surface area contributed by atoms with Gasteiger partial charge in [0.1, 0.15) is 12.4 Å². The molecule has 1 heterocycles. The number of carbonyl (C=O) groups is 2. The van der Waals surface area contributed by atoms with Gasteiger partial charge in [0.25, 0.3) is 0 Å². The van der Waals surface area contributed by atoms with Gasteiger partial charge in [-0.1, -0.05) is 30.3 Å². The van der Waals surface area contributed by atoms with E-state index >= 15 is 0 Å². The molecular weight excluding hydrogens is 370 g/mol. The molecule has 2 aliphatic carbocycles. The van der Waals surface area contributed by atoms with E-state index < -0.39 is 0 Å². The Morgan fingerprint density at radius 3 is 2.52 bits per heavy atom. The fourth-order valence-electron chi connectivity index (χ4n) is 4.36. The molecule has 4 rings (SSSR count). The average Bonchev–Trinajstić information content (AvgIpc) is 3.21. The number of carbonyl (C=O) groups excluding carboxylic acids is 2. The molecule has 154 valence electrons. The van der Waals surface area contributed by atoms with Crippen LogP contribution < -0.4 is 0 Å². The number of rotatable bonds is 5. The third-order valence-corrected chi connectivity index (χ3v) is 6.12. The highest BCUT2D eigenvalue weighted by Gasteiger charge is 2.34. The Kier molecular flexibility index (Phi) is 5.97. The van der Waals surface area contributed by atoms with Crippen LogP contribution in [0.2, 0.25) is 0 Å². The van der Waals surface area contributed by atoms with Gasteiger partial charge in [-0.2, -0.15) is 0 Å². The van der Waals surface area contributed by atoms with Gasteiger partial charge in [0, 0.05) is 12.3 Å². The summed E-state index contributed by atoms with van der Waals surface area (Å²) in [5.41, 5.74) is 1.96. The SMILES string of the molecule is COC(=O)C1CCC(c2nc3c(o2)CC(C(=O)OCc2ccccc2)CC3)CC1. The van der Waals surface area contributed by atoms with E-state index in [9.17, 15) is 9.59 Å². The topological polar surface area (TPSA) is 78.6 Å². The van der Waals surface area contributed by atoms with E-state index in [0.29, 0.717) is 13.0 Å². The lowest BCUT2D eigenvalue weighted by Crippen LogP contribution is -2.24. The molecule has 0 spiro atoms. The Labute approximate surface area is 170 Å². The molecule has 0 amide bonds. The van der Waals surface area contributed by atoms with Gasteiger partial charge < -0.3 is 13.9 Å². The van der Waals surface area contributed by atoms with Crippen molar-refractivity contribution in [3.8, 4) is 0 Å². The van der Waals surface area contributed by atoms with E-state index in [0.717, 1.165) is 61.4 Å². The number of nitrogens with zero attached hydrogens (tertiary/aromatic N) is 1. The molecule has 0 saturated heterocycles. The number of oxazole rings is 1. The summed E-state index contributed by atoms with van der Waals surface area (Å²) in [5.74, 6) is 1.35. The Morgan fingerprint density at radius 2 is 1.79 bits per heavy atom. The van der Waals surface area contributed by atoms with Gasteiger partial charge in [-0.3, -0.25) is 9.59 Å². The molecule has 6 heteroatoms. The second kappa shape index (κ2) is 8.80. The van der Waals surface area contributed by atoms with E-state index in [-0.39, 0.29) is 29.7 Å². The summed E-state index contributed by atoms with van der Waals surface area (Å²) < 4.78 is 16.4. The highest BCUT2D eigenvalue weighted by Crippen LogP contribution is 2.38. The maximum absolute atomic E-state index is 12.5. The monoisotopic (exact) mass is 397 g/mol. The fraction of sp³-hybridized carbons (Fsp3) is 0.522. The zero-order valence-electron chi connectivity index (χ0n) is 16.8. The number of benzene rings is 1. The third kappa shape index (κ3) is 4.52. The second-order valence-electron chi connectivity index (χ2n) is 8.03. The number of aromatic nitrogens is 1. The lowest BCUT2D eigenvalue weighted by molar-refractivity contribution is -0.150. The lowest BCUT2D eigenvalue weighted by atomic mass is 9.82. The van der Waals surface area contributed by atoms with Gasteiger partial charge in [0.05, 0.1) is 24.6 Å². The first-order valence-corrected chi connectivity index (χ1v) is 10.4. The number of esters is 2. The first kappa shape index (κ1) is 19.7. The van der Waals surface area contributed by atoms with Crippen molar-refractivity contribution in [3.05, 3.63) is 53.2 Å². The summed E-state index contributed by atoms with van der Waals surface area (Å²) in [6.45, 7) is 0.300. The van der Waals surface area contributed by atoms with Crippen LogP contribution in [0.4, 0.5) is 0 Å². The first-order chi connectivity index (χ1) is 14.1. The summed E-state index contributed by atoms with van der Waals surface area (Å²) in [6.07, 6.45) is 5.39. The standard InChI is InChI=1S/C23H27NO5/c1-27-22(25)17-9-7-16(8-10-17)21-24-19-12-11-18(13-20(19)29-21)23(26)28-14-15-5-3-2-4-6-15/h2-6,16-18H,7-14H2,1H3. The molecule has 1 fully saturated rings. The average molecular weight is 397 g/mol. The minimum atomic E-state index is -0.179. The molecule has 0 N–H and O–H groups in total. The number of hydrogen-bond acceptors (Lipinski definition) is 6. The van der Waals surface area contributed by atoms with Crippen LogP contribution in [0.25, 0.3) is 0 Å². The number of ether oxygens (including phenoxy) is 2. The van der Waals surface area contributed by atoms with Crippen LogP contribution in [0.5, 0.6) is 0 Å². The van der Waals surface area contributed by atoms with Gasteiger partial charge in [0.15, 0.2) is 5.89 Å². The normalized spacial score (nSPS) is 23.8. The van der Waals surface area contributed by atoms with Gasteiger partial charge in [-0.05, 0) is 44.1 Å². The maximum Gasteiger partial charge on any atom is 0.309 e. The predicted octanol–water partition coefficient (Wildman–Crippen LogP) is 3.97. The molecule has 1 aromatic heterocycles. The molecule has 29 heavy (non-hydrogen) atoms. The predicted molar refractivity (Wildman–Crippen MR) is 105 cm³/mol. The van der Waals surface area contributed by atoms with Crippen molar-refractivity contribution in [3.63, 3.8) is 0 Å². The summed E-state index contributed by atoms with van der Waals surface area (Å²) in [4.78, 5) is 28.9. The summed E-state index contributed by atoms with van der Waals surface area (Å²) in [5, 5.41) is 0. The van der Waals surface area contributed by atoms with Crippen molar-refractivity contribution in [2.24, 2.45) is 11.8 Å². The van der Waals surface area contributed by atoms with Crippen LogP contribution in [0.15, 0.2) is 34.7 Å². The highest BCUT2D eigenvalue weighted by atomic mass is 16.5. The van der Waals surface area contributed by atoms with E-state index in [1.165, 1.54) is 7.11 Å². The van der Waals surface area contributed by atoms with Crippen LogP contribution in [0, 0.1) is 11.8 Å². The van der Waals surface area contributed by atoms with Crippen molar-refractivity contribution in [2.75, 3.05) is 7.11 Å². The summed E-state index contributed by atoms with van der Waals surface area (Å²) in [6, 6.07) is 9.71. The molecule has 2 aromatic rings. The molecule has 1 saturated carbocycles. The Balaban J connectivity index is 1.33. The molecule has 6 nitrogen and oxygen atoms in total. The molecule has 0 radical (unpaired) electrons. The minimum Gasteiger partial charge on any atom is -0.469 e. The Bertz CT molecular complexity index is 851. The summed E-state index contributed by atoms with van der Waals surface area (Å²) in [7, 11) is 1.44. The van der Waals surface area contributed by atoms with Gasteiger partial charge in [0.2, 0.25) is 0 Å². The minimum absolute atomic E-state index is 0.00963. The van der Waals surface area contributed by atoms with Crippen molar-refractivity contribution in [2.45, 2.75) is 57.5 Å². The van der Waals surface area contributed by atoms with Crippen LogP contribution >= 0.6 is 0 Å². The Hall–Kier alpha value is -2.63. The quantitative estimate of drug-likeness (QED) is 0.711. The van der Waals surface area contributed by atoms with Gasteiger partial charge in [-0.25, -0.2) is 4.98 Å². The van der Waals surface area contributed by atoms with Crippen molar-refractivity contribution < 1.29 is 23.5 Å². The van der Waals surface area contributed by atoms with E-state index in [2.05, 4.69) is 0 Å². The zero-order chi connectivity index (χ0) is 20.2. The highest BCUT2D eigenvalue weighted by molar-refractivity contribution is 5.73. The number of methoxy groups -OCH3 is 1. The van der Waals surface area contributed by atoms with Crippen molar-refractivity contribution in [1.29, 1.82) is 0 Å². The van der Waals surface area contributed by atoms with Crippen LogP contribution in [-0.4, -0.2) is 24.0 Å². The van der Waals surface area contributed by atoms with Gasteiger partial charge >= 0.3 is 11.9 Å². The summed E-state index contributed by atoms with van der Waals surface area (Å²) >= 11 is 0. The third-order valence-electron chi connectivity index (χ3n) is 6.12. The first-order valence-electron chi connectivity index (χ1n) is 10.4. The molecule has 1 unspecified atom stereocenters. The molecular formula is C23H27NO5. The largest absolute Gasteiger partial charge is 0.469 e. The van der Waals surface area contributed by atoms with Crippen molar-refractivity contribution in [1.82, 2.24) is 4.98 Å². The molecule has 2 aliphatic rings. The van der Waals surface area contributed by atoms with E-state index in [1.54, 1.807) is 0 Å². The second-order valence-corrected chi connectivity index (χ2v) is 8.03. The van der Waals surface area contributed by atoms with Crippen LogP contribution in [0.3, 0.4) is 0 Å². The molecule has 0 aliphatic heterocycles. The van der Waals surface area contributed by atoms with Gasteiger partial charge in [-0.15, -0.1) is 0 Å². The van der Waals surface area contributed by atoms with E-state index in [1.807, 2.05) is 30.3 Å². The van der Waals surface area contributed by atoms with Crippen LogP contribution in [0.1, 0.15) is 60.9 Å². The number of fused-ring (bicyclic) bond motifs is 1. The van der Waals surface area contributed by atoms with E-state index in [4.69, 9.17) is 18.9 Å². The molecule has 0 bridgehead atoms. The number of aryl methyl sites for hydroxylation is 1. The number of hydrogen-bond donors (Lipinski definition) is 0. The molecule has 1 aromatic carbocycles. The smallest absolute Gasteiger partial charge is 0.309 e. The van der Waals surface area contributed by atoms with Crippen molar-refractivity contribution >= 4 is 11.9 Å². The fourth-order valence-corrected chi connectivity index (χ4v) is 4.36. The molecule has 1 atom stereocenters. The lowest BCUT2D eigenvalue weighted by Gasteiger charge is -2.24. The van der Waals surface area contributed by atoms with Crippen LogP contribution in [-0.2, 0) is 38.5 Å². The Morgan fingerprint density at radius 1 is 1.03 bits per heavy atom. The maximum atomic E-state index is 12.5.